The van der Waals surface area contributed by atoms with Crippen LogP contribution in [0.15, 0.2) is 130 Å². The Labute approximate surface area is 254 Å². The number of aromatic hydroxyl groups is 2. The summed E-state index contributed by atoms with van der Waals surface area (Å²) in [5.41, 5.74) is 2.70. The third-order valence-corrected chi connectivity index (χ3v) is 6.24. The minimum atomic E-state index is 0. The fraction of sp³-hybridized carbons (Fsp3) is 0.0625. The van der Waals surface area contributed by atoms with Crippen molar-refractivity contribution in [3.05, 3.63) is 141 Å². The first-order valence-electron chi connectivity index (χ1n) is 11.4. The summed E-state index contributed by atoms with van der Waals surface area (Å²) in [6.45, 7) is 4.25. The van der Waals surface area contributed by atoms with E-state index in [1.165, 1.54) is 32.7 Å². The molecule has 0 heterocycles. The first-order chi connectivity index (χ1) is 17.3. The van der Waals surface area contributed by atoms with Crippen LogP contribution in [0.25, 0.3) is 21.5 Å². The summed E-state index contributed by atoms with van der Waals surface area (Å²) in [6.07, 6.45) is 0. The molecule has 0 aliphatic carbocycles. The predicted octanol–water partition coefficient (Wildman–Crippen LogP) is 10.0. The normalized spacial score (nSPS) is 9.62. The minimum absolute atomic E-state index is 0. The molecule has 6 aromatic carbocycles. The predicted molar refractivity (Wildman–Crippen MR) is 160 cm³/mol. The van der Waals surface area contributed by atoms with Crippen molar-refractivity contribution in [1.29, 1.82) is 0 Å². The van der Waals surface area contributed by atoms with Crippen molar-refractivity contribution >= 4 is 53.4 Å². The average Bonchev–Trinajstić information content (AvgIpc) is 3.44. The summed E-state index contributed by atoms with van der Waals surface area (Å²) in [5.74, 6) is 0.599. The number of halogens is 2. The molecule has 186 valence electrons. The zero-order valence-electron chi connectivity index (χ0n) is 20.7. The maximum Gasteiger partial charge on any atom is 2.00 e. The number of phenols is 2. The van der Waals surface area contributed by atoms with Crippen LogP contribution in [0.4, 0.5) is 0 Å². The van der Waals surface area contributed by atoms with Gasteiger partial charge in [-0.05, 0) is 48.5 Å². The first-order valence-corrected chi connectivity index (χ1v) is 13.0. The van der Waals surface area contributed by atoms with Crippen LogP contribution in [-0.4, -0.2) is 10.2 Å². The van der Waals surface area contributed by atoms with Gasteiger partial charge in [-0.1, -0.05) is 57.8 Å². The van der Waals surface area contributed by atoms with E-state index in [1.54, 1.807) is 48.5 Å². The largest absolute Gasteiger partial charge is 2.00 e. The molecule has 0 saturated heterocycles. The third-order valence-electron chi connectivity index (χ3n) is 5.18. The van der Waals surface area contributed by atoms with Gasteiger partial charge in [0.1, 0.15) is 11.5 Å². The summed E-state index contributed by atoms with van der Waals surface area (Å²) >= 11 is 6.47. The monoisotopic (exact) mass is 692 g/mol. The van der Waals surface area contributed by atoms with E-state index in [1.807, 2.05) is 0 Å². The van der Waals surface area contributed by atoms with E-state index in [2.05, 4.69) is 119 Å². The molecule has 0 amide bonds. The third kappa shape index (κ3) is 10.8. The molecule has 0 aliphatic rings. The quantitative estimate of drug-likeness (QED) is 0.155. The second-order valence-corrected chi connectivity index (χ2v) is 10.1. The van der Waals surface area contributed by atoms with Gasteiger partial charge < -0.3 is 10.2 Å². The molecule has 37 heavy (non-hydrogen) atoms. The summed E-state index contributed by atoms with van der Waals surface area (Å²) in [7, 11) is 0. The fourth-order valence-electron chi connectivity index (χ4n) is 3.49. The van der Waals surface area contributed by atoms with Crippen LogP contribution in [0, 0.1) is 13.8 Å². The molecule has 5 heteroatoms. The Morgan fingerprint density at radius 3 is 1.14 bits per heavy atom. The van der Waals surface area contributed by atoms with Gasteiger partial charge in [-0.3, -0.25) is 0 Å². The van der Waals surface area contributed by atoms with Crippen LogP contribution in [0.5, 0.6) is 11.5 Å². The molecule has 0 unspecified atom stereocenters. The Morgan fingerprint density at radius 2 is 0.838 bits per heavy atom. The van der Waals surface area contributed by atoms with E-state index in [4.69, 9.17) is 10.2 Å². The van der Waals surface area contributed by atoms with Crippen molar-refractivity contribution in [2.24, 2.45) is 0 Å². The molecule has 0 bridgehead atoms. The summed E-state index contributed by atoms with van der Waals surface area (Å²) in [5, 5.41) is 22.9. The van der Waals surface area contributed by atoms with E-state index in [0.717, 1.165) is 8.95 Å². The van der Waals surface area contributed by atoms with Crippen LogP contribution in [0.3, 0.4) is 0 Å². The topological polar surface area (TPSA) is 40.5 Å². The second-order valence-electron chi connectivity index (χ2n) is 8.28. The Hall–Kier alpha value is -2.46. The number of aryl methyl sites for hydroxylation is 2. The maximum atomic E-state index is 8.74. The van der Waals surface area contributed by atoms with E-state index < -0.39 is 0 Å². The van der Waals surface area contributed by atoms with Gasteiger partial charge >= 0.3 is 26.2 Å². The Balaban J connectivity index is 0.000000173. The van der Waals surface area contributed by atoms with Crippen LogP contribution in [0.2, 0.25) is 0 Å². The molecule has 0 atom stereocenters. The summed E-state index contributed by atoms with van der Waals surface area (Å²) in [6, 6.07) is 39.3. The number of fused-ring (bicyclic) bond motifs is 2. The number of benzene rings is 4. The number of hydrogen-bond donors (Lipinski definition) is 2. The molecule has 0 saturated carbocycles. The van der Waals surface area contributed by atoms with Crippen molar-refractivity contribution in [2.45, 2.75) is 13.8 Å². The van der Waals surface area contributed by atoms with Crippen molar-refractivity contribution in [1.82, 2.24) is 0 Å². The standard InChI is InChI=1S/2C10H9.2C6H5BrO.Zr/c2*1-8-6-9-4-2-3-5-10(9)7-8;2*7-5-1-3-6(8)4-2-5;/h2*2-7H,1H3;2*1-4,8H;/q2*-1;;;+2. The van der Waals surface area contributed by atoms with E-state index in [0.29, 0.717) is 11.5 Å². The average molecular weight is 696 g/mol. The van der Waals surface area contributed by atoms with Gasteiger partial charge in [-0.15, -0.1) is 81.2 Å². The molecule has 2 N–H and O–H groups in total. The van der Waals surface area contributed by atoms with Crippen molar-refractivity contribution in [3.8, 4) is 11.5 Å². The maximum absolute atomic E-state index is 8.74. The van der Waals surface area contributed by atoms with Gasteiger partial charge in [-0.25, -0.2) is 0 Å². The molecule has 0 spiro atoms. The minimum Gasteiger partial charge on any atom is -0.508 e. The fourth-order valence-corrected chi connectivity index (χ4v) is 4.02. The molecule has 0 aromatic heterocycles. The molecular weight excluding hydrogens is 667 g/mol. The van der Waals surface area contributed by atoms with Gasteiger partial charge in [0.2, 0.25) is 0 Å². The Bertz CT molecular complexity index is 1260. The van der Waals surface area contributed by atoms with Crippen molar-refractivity contribution in [3.63, 3.8) is 0 Å². The molecule has 0 fully saturated rings. The zero-order valence-corrected chi connectivity index (χ0v) is 26.3. The smallest absolute Gasteiger partial charge is 0.508 e. The van der Waals surface area contributed by atoms with Gasteiger partial charge in [0.05, 0.1) is 0 Å². The van der Waals surface area contributed by atoms with Crippen LogP contribution < -0.4 is 0 Å². The van der Waals surface area contributed by atoms with Crippen LogP contribution in [-0.2, 0) is 26.2 Å². The second kappa shape index (κ2) is 15.7. The number of phenolic OH excluding ortho intramolecular Hbond substituents is 2. The van der Waals surface area contributed by atoms with Gasteiger partial charge in [0, 0.05) is 8.95 Å². The van der Waals surface area contributed by atoms with E-state index in [-0.39, 0.29) is 26.2 Å². The molecule has 0 radical (unpaired) electrons. The van der Waals surface area contributed by atoms with Gasteiger partial charge in [-0.2, -0.15) is 12.1 Å². The Kier molecular flexibility index (Phi) is 13.1. The number of hydrogen-bond acceptors (Lipinski definition) is 2. The first kappa shape index (κ1) is 30.8. The van der Waals surface area contributed by atoms with Crippen LogP contribution >= 0.6 is 31.9 Å². The Morgan fingerprint density at radius 1 is 0.514 bits per heavy atom. The molecular formula is C32H28Br2O2Zr. The van der Waals surface area contributed by atoms with Crippen LogP contribution in [0.1, 0.15) is 11.1 Å². The molecule has 6 rings (SSSR count). The molecule has 6 aromatic rings. The number of rotatable bonds is 0. The molecule has 2 nitrogen and oxygen atoms in total. The van der Waals surface area contributed by atoms with E-state index in [9.17, 15) is 0 Å². The van der Waals surface area contributed by atoms with E-state index >= 15 is 0 Å². The summed E-state index contributed by atoms with van der Waals surface area (Å²) in [4.78, 5) is 0. The van der Waals surface area contributed by atoms with Gasteiger partial charge in [0.25, 0.3) is 0 Å². The van der Waals surface area contributed by atoms with Crippen molar-refractivity contribution < 1.29 is 36.4 Å². The SMILES string of the molecule is Cc1cc2ccccc2[cH-]1.Cc1cc2ccccc2[cH-]1.Oc1ccc(Br)cc1.Oc1ccc(Br)cc1.[Zr+2]. The zero-order chi connectivity index (χ0) is 25.9. The summed E-state index contributed by atoms with van der Waals surface area (Å²) < 4.78 is 1.96. The van der Waals surface area contributed by atoms with Gasteiger partial charge in [0.15, 0.2) is 0 Å². The van der Waals surface area contributed by atoms with Crippen molar-refractivity contribution in [2.75, 3.05) is 0 Å². The molecule has 0 aliphatic heterocycles.